The Morgan fingerprint density at radius 1 is 1.25 bits per heavy atom. The summed E-state index contributed by atoms with van der Waals surface area (Å²) in [5.41, 5.74) is 1.59. The lowest BCUT2D eigenvalue weighted by Gasteiger charge is -2.30. The smallest absolute Gasteiger partial charge is 0.317 e. The molecule has 2 aromatic carbocycles. The molecular weight excluding hydrogens is 484 g/mol. The van der Waals surface area contributed by atoms with Crippen molar-refractivity contribution in [1.82, 2.24) is 19.8 Å². The van der Waals surface area contributed by atoms with E-state index in [1.165, 1.54) is 6.07 Å². The first-order valence-corrected chi connectivity index (χ1v) is 13.2. The molecular formula is C25H32N4O6S. The molecule has 0 unspecified atom stereocenters. The van der Waals surface area contributed by atoms with Gasteiger partial charge in [0, 0.05) is 26.2 Å². The highest BCUT2D eigenvalue weighted by molar-refractivity contribution is 7.89. The molecule has 0 aromatic heterocycles. The summed E-state index contributed by atoms with van der Waals surface area (Å²) in [7, 11) is -0.562. The normalized spacial score (nSPS) is 24.0. The summed E-state index contributed by atoms with van der Waals surface area (Å²) in [6.45, 7) is 4.63. The summed E-state index contributed by atoms with van der Waals surface area (Å²) in [6.07, 6.45) is 0.137. The standard InChI is InChI=1S/C25H32N4O6S/c1-4-10-26-25(31)29-15-21-23(16-29)35-22-12-18(17-6-5-7-20(11-17)34-3)8-9-24(22)36(32,33)27-13-19(30)14-28(21)2/h4-9,11-12,19,21,23,27,30H,1,10,13-16H2,2-3H3,(H,26,31)/t19-,21+,23-/m0/s1. The van der Waals surface area contributed by atoms with Crippen LogP contribution in [0.5, 0.6) is 11.5 Å². The Kier molecular flexibility index (Phi) is 7.84. The molecule has 4 rings (SSSR count). The molecule has 0 spiro atoms. The Hall–Kier alpha value is -3.12. The van der Waals surface area contributed by atoms with Crippen LogP contribution in [0, 0.1) is 0 Å². The first-order valence-electron chi connectivity index (χ1n) is 11.7. The van der Waals surface area contributed by atoms with Crippen molar-refractivity contribution in [3.05, 3.63) is 55.1 Å². The minimum absolute atomic E-state index is 0.0285. The summed E-state index contributed by atoms with van der Waals surface area (Å²) in [6, 6.07) is 11.8. The zero-order valence-electron chi connectivity index (χ0n) is 20.4. The van der Waals surface area contributed by atoms with Crippen LogP contribution in [0.1, 0.15) is 0 Å². The van der Waals surface area contributed by atoms with Crippen molar-refractivity contribution in [2.24, 2.45) is 0 Å². The summed E-state index contributed by atoms with van der Waals surface area (Å²) in [5.74, 6) is 0.850. The van der Waals surface area contributed by atoms with Gasteiger partial charge in [0.15, 0.2) is 0 Å². The van der Waals surface area contributed by atoms with Crippen molar-refractivity contribution < 1.29 is 27.8 Å². The summed E-state index contributed by atoms with van der Waals surface area (Å²) < 4.78 is 40.5. The zero-order valence-corrected chi connectivity index (χ0v) is 21.2. The number of aliphatic hydroxyl groups excluding tert-OH is 1. The number of sulfonamides is 1. The molecule has 2 aromatic rings. The van der Waals surface area contributed by atoms with Crippen LogP contribution in [0.15, 0.2) is 60.0 Å². The van der Waals surface area contributed by atoms with Gasteiger partial charge in [0.2, 0.25) is 10.0 Å². The molecule has 0 aliphatic carbocycles. The molecule has 0 saturated carbocycles. The van der Waals surface area contributed by atoms with Crippen molar-refractivity contribution >= 4 is 16.1 Å². The molecule has 2 amide bonds. The number of carbonyl (C=O) groups excluding carboxylic acids is 1. The quantitative estimate of drug-likeness (QED) is 0.524. The summed E-state index contributed by atoms with van der Waals surface area (Å²) in [4.78, 5) is 16.2. The molecule has 2 aliphatic rings. The van der Waals surface area contributed by atoms with Crippen LogP contribution < -0.4 is 19.5 Å². The van der Waals surface area contributed by atoms with Gasteiger partial charge in [0.05, 0.1) is 25.8 Å². The topological polar surface area (TPSA) is 120 Å². The largest absolute Gasteiger partial charge is 0.497 e. The van der Waals surface area contributed by atoms with Crippen molar-refractivity contribution in [1.29, 1.82) is 0 Å². The third-order valence-corrected chi connectivity index (χ3v) is 7.87. The Balaban J connectivity index is 1.74. The van der Waals surface area contributed by atoms with Crippen molar-refractivity contribution in [2.45, 2.75) is 23.1 Å². The van der Waals surface area contributed by atoms with Crippen LogP contribution in [0.4, 0.5) is 4.79 Å². The van der Waals surface area contributed by atoms with Gasteiger partial charge >= 0.3 is 6.03 Å². The number of rotatable bonds is 4. The van der Waals surface area contributed by atoms with Crippen LogP contribution in [0.25, 0.3) is 11.1 Å². The van der Waals surface area contributed by atoms with Gasteiger partial charge in [-0.1, -0.05) is 24.3 Å². The molecule has 0 bridgehead atoms. The van der Waals surface area contributed by atoms with Gasteiger partial charge in [0.1, 0.15) is 22.5 Å². The van der Waals surface area contributed by atoms with Crippen LogP contribution >= 0.6 is 0 Å². The summed E-state index contributed by atoms with van der Waals surface area (Å²) in [5, 5.41) is 13.3. The maximum atomic E-state index is 13.2. The van der Waals surface area contributed by atoms with E-state index in [1.807, 2.05) is 36.2 Å². The predicted octanol–water partition coefficient (Wildman–Crippen LogP) is 1.27. The second kappa shape index (κ2) is 10.9. The molecule has 1 saturated heterocycles. The minimum atomic E-state index is -3.97. The lowest BCUT2D eigenvalue weighted by atomic mass is 10.1. The van der Waals surface area contributed by atoms with Crippen LogP contribution in [0.2, 0.25) is 0 Å². The number of amides is 2. The molecule has 3 N–H and O–H groups in total. The van der Waals surface area contributed by atoms with Crippen molar-refractivity contribution in [3.8, 4) is 22.6 Å². The number of fused-ring (bicyclic) bond motifs is 2. The van der Waals surface area contributed by atoms with Gasteiger partial charge in [-0.25, -0.2) is 17.9 Å². The average Bonchev–Trinajstić information content (AvgIpc) is 3.29. The SMILES string of the molecule is C=CCNC(=O)N1C[C@@H]2Oc3cc(-c4cccc(OC)c4)ccc3S(=O)(=O)NC[C@H](O)CN(C)[C@@H]2C1. The van der Waals surface area contributed by atoms with Gasteiger partial charge in [-0.15, -0.1) is 6.58 Å². The molecule has 2 heterocycles. The van der Waals surface area contributed by atoms with E-state index < -0.39 is 22.2 Å². The predicted molar refractivity (Wildman–Crippen MR) is 136 cm³/mol. The second-order valence-corrected chi connectivity index (χ2v) is 10.7. The fourth-order valence-corrected chi connectivity index (χ4v) is 5.70. The number of likely N-dealkylation sites (N-methyl/N-ethyl adjacent to an activating group) is 1. The number of ether oxygens (including phenoxy) is 2. The first kappa shape index (κ1) is 26.0. The van der Waals surface area contributed by atoms with E-state index >= 15 is 0 Å². The number of nitrogens with zero attached hydrogens (tertiary/aromatic N) is 2. The van der Waals surface area contributed by atoms with Gasteiger partial charge < -0.3 is 24.8 Å². The number of likely N-dealkylation sites (tertiary alicyclic amines) is 1. The number of benzene rings is 2. The van der Waals surface area contributed by atoms with Gasteiger partial charge in [-0.05, 0) is 42.4 Å². The molecule has 0 radical (unpaired) electrons. The highest BCUT2D eigenvalue weighted by Crippen LogP contribution is 2.34. The second-order valence-electron chi connectivity index (χ2n) is 8.94. The third kappa shape index (κ3) is 5.65. The number of hydrogen-bond acceptors (Lipinski definition) is 7. The van der Waals surface area contributed by atoms with Crippen LogP contribution in [0.3, 0.4) is 0 Å². The number of hydrogen-bond donors (Lipinski definition) is 3. The monoisotopic (exact) mass is 516 g/mol. The number of β-amino-alcohol motifs (C(OH)–C–C–N with tert-alkyl or cyclic N) is 1. The molecule has 10 nitrogen and oxygen atoms in total. The Bertz CT molecular complexity index is 1220. The number of methoxy groups -OCH3 is 1. The summed E-state index contributed by atoms with van der Waals surface area (Å²) >= 11 is 0. The molecule has 36 heavy (non-hydrogen) atoms. The Morgan fingerprint density at radius 3 is 2.78 bits per heavy atom. The van der Waals surface area contributed by atoms with Crippen LogP contribution in [-0.4, -0.2) is 94.5 Å². The number of aliphatic hydroxyl groups is 1. The van der Waals surface area contributed by atoms with E-state index in [0.717, 1.165) is 11.1 Å². The molecule has 11 heteroatoms. The third-order valence-electron chi connectivity index (χ3n) is 6.41. The van der Waals surface area contributed by atoms with Gasteiger partial charge in [0.25, 0.3) is 0 Å². The lowest BCUT2D eigenvalue weighted by Crippen LogP contribution is -2.48. The Labute approximate surface area is 211 Å². The number of nitrogens with one attached hydrogen (secondary N) is 2. The number of urea groups is 1. The van der Waals surface area contributed by atoms with E-state index in [4.69, 9.17) is 9.47 Å². The molecule has 1 fully saturated rings. The zero-order chi connectivity index (χ0) is 25.9. The lowest BCUT2D eigenvalue weighted by molar-refractivity contribution is 0.0713. The molecule has 194 valence electrons. The molecule has 2 aliphatic heterocycles. The highest BCUT2D eigenvalue weighted by Gasteiger charge is 2.41. The van der Waals surface area contributed by atoms with Crippen molar-refractivity contribution in [2.75, 3.05) is 46.9 Å². The van der Waals surface area contributed by atoms with E-state index in [-0.39, 0.29) is 42.4 Å². The molecule has 3 atom stereocenters. The van der Waals surface area contributed by atoms with Gasteiger partial charge in [-0.2, -0.15) is 0 Å². The average molecular weight is 517 g/mol. The van der Waals surface area contributed by atoms with E-state index in [9.17, 15) is 18.3 Å². The number of carbonyl (C=O) groups is 1. The fraction of sp³-hybridized carbons (Fsp3) is 0.400. The van der Waals surface area contributed by atoms with E-state index in [0.29, 0.717) is 18.8 Å². The van der Waals surface area contributed by atoms with Crippen molar-refractivity contribution in [3.63, 3.8) is 0 Å². The van der Waals surface area contributed by atoms with Gasteiger partial charge in [-0.3, -0.25) is 4.90 Å². The maximum Gasteiger partial charge on any atom is 0.317 e. The Morgan fingerprint density at radius 2 is 2.03 bits per heavy atom. The highest BCUT2D eigenvalue weighted by atomic mass is 32.2. The maximum absolute atomic E-state index is 13.2. The van der Waals surface area contributed by atoms with E-state index in [1.54, 1.807) is 30.2 Å². The first-order chi connectivity index (χ1) is 17.2. The minimum Gasteiger partial charge on any atom is -0.497 e. The van der Waals surface area contributed by atoms with E-state index in [2.05, 4.69) is 16.6 Å². The fourth-order valence-electron chi connectivity index (χ4n) is 4.52. The van der Waals surface area contributed by atoms with Crippen LogP contribution in [-0.2, 0) is 10.0 Å².